The van der Waals surface area contributed by atoms with Gasteiger partial charge in [-0.25, -0.2) is 9.78 Å². The zero-order chi connectivity index (χ0) is 13.3. The van der Waals surface area contributed by atoms with Crippen LogP contribution in [0.1, 0.15) is 15.9 Å². The second-order valence-corrected chi connectivity index (χ2v) is 3.40. The molecule has 1 aromatic heterocycles. The first kappa shape index (κ1) is 12.2. The molecule has 7 heteroatoms. The average molecular weight is 257 g/mol. The maximum absolute atomic E-state index is 12.6. The van der Waals surface area contributed by atoms with Gasteiger partial charge in [0.2, 0.25) is 5.89 Å². The molecular formula is C11H6F3NO3. The molecular weight excluding hydrogens is 251 g/mol. The molecule has 18 heavy (non-hydrogen) atoms. The van der Waals surface area contributed by atoms with Crippen molar-refractivity contribution in [2.24, 2.45) is 0 Å². The number of aromatic carboxylic acids is 1. The molecule has 0 aliphatic carbocycles. The van der Waals surface area contributed by atoms with Gasteiger partial charge >= 0.3 is 12.1 Å². The molecule has 1 N–H and O–H groups in total. The van der Waals surface area contributed by atoms with Crippen LogP contribution >= 0.6 is 0 Å². The number of rotatable bonds is 2. The Morgan fingerprint density at radius 2 is 2.06 bits per heavy atom. The average Bonchev–Trinajstić information content (AvgIpc) is 2.80. The number of aromatic nitrogens is 1. The molecule has 0 atom stereocenters. The van der Waals surface area contributed by atoms with E-state index in [9.17, 15) is 18.0 Å². The lowest BCUT2D eigenvalue weighted by Gasteiger charge is -2.10. The van der Waals surface area contributed by atoms with Crippen LogP contribution in [0, 0.1) is 0 Å². The molecule has 94 valence electrons. The minimum absolute atomic E-state index is 0.0613. The third-order valence-corrected chi connectivity index (χ3v) is 2.23. The van der Waals surface area contributed by atoms with E-state index in [1.165, 1.54) is 12.5 Å². The van der Waals surface area contributed by atoms with Gasteiger partial charge in [0.15, 0.2) is 0 Å². The van der Waals surface area contributed by atoms with Gasteiger partial charge in [-0.2, -0.15) is 13.2 Å². The van der Waals surface area contributed by atoms with Crippen LogP contribution < -0.4 is 0 Å². The van der Waals surface area contributed by atoms with Crippen molar-refractivity contribution in [1.29, 1.82) is 0 Å². The lowest BCUT2D eigenvalue weighted by Crippen LogP contribution is -2.12. The van der Waals surface area contributed by atoms with Gasteiger partial charge in [-0.05, 0) is 18.2 Å². The normalized spacial score (nSPS) is 11.5. The summed E-state index contributed by atoms with van der Waals surface area (Å²) < 4.78 is 42.6. The smallest absolute Gasteiger partial charge is 0.417 e. The first-order chi connectivity index (χ1) is 8.39. The molecule has 0 fully saturated rings. The van der Waals surface area contributed by atoms with E-state index < -0.39 is 23.3 Å². The van der Waals surface area contributed by atoms with Crippen molar-refractivity contribution in [2.75, 3.05) is 0 Å². The van der Waals surface area contributed by atoms with Gasteiger partial charge < -0.3 is 9.52 Å². The minimum atomic E-state index is -4.72. The number of hydrogen-bond donors (Lipinski definition) is 1. The lowest BCUT2D eigenvalue weighted by atomic mass is 10.0. The van der Waals surface area contributed by atoms with Gasteiger partial charge in [-0.3, -0.25) is 0 Å². The van der Waals surface area contributed by atoms with E-state index in [1.54, 1.807) is 0 Å². The van der Waals surface area contributed by atoms with Crippen LogP contribution in [0.2, 0.25) is 0 Å². The van der Waals surface area contributed by atoms with Crippen molar-refractivity contribution in [3.8, 4) is 11.5 Å². The van der Waals surface area contributed by atoms with E-state index in [2.05, 4.69) is 4.98 Å². The Morgan fingerprint density at radius 3 is 2.56 bits per heavy atom. The predicted octanol–water partition coefficient (Wildman–Crippen LogP) is 3.06. The Bertz CT molecular complexity index is 576. The molecule has 0 saturated carbocycles. The fourth-order valence-corrected chi connectivity index (χ4v) is 1.47. The quantitative estimate of drug-likeness (QED) is 0.897. The highest BCUT2D eigenvalue weighted by molar-refractivity contribution is 5.91. The summed E-state index contributed by atoms with van der Waals surface area (Å²) >= 11 is 0. The number of nitrogens with zero attached hydrogens (tertiary/aromatic N) is 1. The largest absolute Gasteiger partial charge is 0.478 e. The number of alkyl halides is 3. The summed E-state index contributed by atoms with van der Waals surface area (Å²) in [5, 5.41) is 8.80. The van der Waals surface area contributed by atoms with Crippen molar-refractivity contribution < 1.29 is 27.5 Å². The van der Waals surface area contributed by atoms with Crippen LogP contribution in [0.5, 0.6) is 0 Å². The van der Waals surface area contributed by atoms with Crippen LogP contribution in [-0.4, -0.2) is 16.1 Å². The fraction of sp³-hybridized carbons (Fsp3) is 0.0909. The van der Waals surface area contributed by atoms with Crippen molar-refractivity contribution >= 4 is 5.97 Å². The Balaban J connectivity index is 2.58. The molecule has 1 aromatic carbocycles. The number of oxazole rings is 1. The maximum atomic E-state index is 12.6. The Hall–Kier alpha value is -2.31. The predicted molar refractivity (Wildman–Crippen MR) is 53.9 cm³/mol. The van der Waals surface area contributed by atoms with E-state index in [1.807, 2.05) is 0 Å². The molecule has 0 bridgehead atoms. The number of carbonyl (C=O) groups is 1. The molecule has 2 aromatic rings. The van der Waals surface area contributed by atoms with E-state index >= 15 is 0 Å². The van der Waals surface area contributed by atoms with Gasteiger partial charge in [0.25, 0.3) is 0 Å². The third kappa shape index (κ3) is 2.20. The van der Waals surface area contributed by atoms with Gasteiger partial charge in [-0.15, -0.1) is 0 Å². The molecule has 0 radical (unpaired) electrons. The summed E-state index contributed by atoms with van der Waals surface area (Å²) in [6.07, 6.45) is -2.16. The maximum Gasteiger partial charge on any atom is 0.417 e. The summed E-state index contributed by atoms with van der Waals surface area (Å²) in [4.78, 5) is 14.6. The summed E-state index contributed by atoms with van der Waals surface area (Å²) in [5.74, 6) is -1.60. The molecule has 0 spiro atoms. The molecule has 0 unspecified atom stereocenters. The van der Waals surface area contributed by atoms with E-state index in [0.717, 1.165) is 12.1 Å². The molecule has 0 aliphatic heterocycles. The van der Waals surface area contributed by atoms with E-state index in [4.69, 9.17) is 9.52 Å². The number of carboxylic acids is 1. The number of hydrogen-bond acceptors (Lipinski definition) is 3. The third-order valence-electron chi connectivity index (χ3n) is 2.23. The summed E-state index contributed by atoms with van der Waals surface area (Å²) in [6, 6.07) is 2.70. The highest BCUT2D eigenvalue weighted by atomic mass is 19.4. The van der Waals surface area contributed by atoms with E-state index in [-0.39, 0.29) is 11.5 Å². The SMILES string of the molecule is O=C(O)c1cc(-c2ncco2)ccc1C(F)(F)F. The van der Waals surface area contributed by atoms with Gasteiger partial charge in [0.05, 0.1) is 17.3 Å². The highest BCUT2D eigenvalue weighted by Gasteiger charge is 2.35. The molecule has 1 heterocycles. The molecule has 0 aliphatic rings. The van der Waals surface area contributed by atoms with Crippen molar-refractivity contribution in [1.82, 2.24) is 4.98 Å². The van der Waals surface area contributed by atoms with E-state index in [0.29, 0.717) is 6.07 Å². The summed E-state index contributed by atoms with van der Waals surface area (Å²) in [7, 11) is 0. The van der Waals surface area contributed by atoms with Crippen molar-refractivity contribution in [3.63, 3.8) is 0 Å². The molecule has 0 amide bonds. The number of benzene rings is 1. The zero-order valence-electron chi connectivity index (χ0n) is 8.73. The van der Waals surface area contributed by atoms with Crippen molar-refractivity contribution in [2.45, 2.75) is 6.18 Å². The zero-order valence-corrected chi connectivity index (χ0v) is 8.73. The lowest BCUT2D eigenvalue weighted by molar-refractivity contribution is -0.138. The topological polar surface area (TPSA) is 63.3 Å². The van der Waals surface area contributed by atoms with Gasteiger partial charge in [0.1, 0.15) is 6.26 Å². The monoisotopic (exact) mass is 257 g/mol. The first-order valence-electron chi connectivity index (χ1n) is 4.74. The van der Waals surface area contributed by atoms with Gasteiger partial charge in [-0.1, -0.05) is 0 Å². The minimum Gasteiger partial charge on any atom is -0.478 e. The molecule has 0 saturated heterocycles. The second kappa shape index (κ2) is 4.17. The van der Waals surface area contributed by atoms with Crippen LogP contribution in [0.15, 0.2) is 35.1 Å². The number of halogens is 3. The standard InChI is InChI=1S/C11H6F3NO3/c12-11(13,14)8-2-1-6(5-7(8)10(16)17)9-15-3-4-18-9/h1-5H,(H,16,17). The van der Waals surface area contributed by atoms with Crippen molar-refractivity contribution in [3.05, 3.63) is 41.8 Å². The van der Waals surface area contributed by atoms with Crippen LogP contribution in [0.4, 0.5) is 13.2 Å². The molecule has 4 nitrogen and oxygen atoms in total. The summed E-state index contributed by atoms with van der Waals surface area (Å²) in [5.41, 5.74) is -1.87. The number of carboxylic acid groups (broad SMARTS) is 1. The summed E-state index contributed by atoms with van der Waals surface area (Å²) in [6.45, 7) is 0. The van der Waals surface area contributed by atoms with Crippen LogP contribution in [-0.2, 0) is 6.18 Å². The first-order valence-corrected chi connectivity index (χ1v) is 4.74. The molecule has 2 rings (SSSR count). The Morgan fingerprint density at radius 1 is 1.33 bits per heavy atom. The second-order valence-electron chi connectivity index (χ2n) is 3.40. The van der Waals surface area contributed by atoms with Crippen LogP contribution in [0.3, 0.4) is 0 Å². The Labute approximate surface area is 98.7 Å². The van der Waals surface area contributed by atoms with Gasteiger partial charge in [0, 0.05) is 5.56 Å². The highest BCUT2D eigenvalue weighted by Crippen LogP contribution is 2.34. The van der Waals surface area contributed by atoms with Crippen LogP contribution in [0.25, 0.3) is 11.5 Å². The fourth-order valence-electron chi connectivity index (χ4n) is 1.47. The Kier molecular flexibility index (Phi) is 2.82.